The zero-order valence-electron chi connectivity index (χ0n) is 14.2. The molecule has 0 spiro atoms. The Balaban J connectivity index is 1.49. The summed E-state index contributed by atoms with van der Waals surface area (Å²) in [6, 6.07) is 13.0. The second-order valence-electron chi connectivity index (χ2n) is 5.96. The van der Waals surface area contributed by atoms with Crippen LogP contribution in [0, 0.1) is 6.92 Å². The number of imidazole rings is 1. The number of carbonyl (C=O) groups is 1. The maximum atomic E-state index is 12.5. The van der Waals surface area contributed by atoms with E-state index in [2.05, 4.69) is 20.6 Å². The highest BCUT2D eigenvalue weighted by Gasteiger charge is 2.08. The molecule has 3 aromatic heterocycles. The molecule has 3 heterocycles. The largest absolute Gasteiger partial charge is 0.355 e. The number of rotatable bonds is 4. The molecule has 0 fully saturated rings. The van der Waals surface area contributed by atoms with Crippen LogP contribution in [0.15, 0.2) is 73.4 Å². The third-order valence-corrected chi connectivity index (χ3v) is 4.05. The van der Waals surface area contributed by atoms with Crippen molar-refractivity contribution in [3.63, 3.8) is 0 Å². The molecule has 0 saturated carbocycles. The molecule has 0 aliphatic rings. The summed E-state index contributed by atoms with van der Waals surface area (Å²) >= 11 is 0. The van der Waals surface area contributed by atoms with Gasteiger partial charge in [0.05, 0.1) is 5.69 Å². The van der Waals surface area contributed by atoms with Gasteiger partial charge in [0.25, 0.3) is 5.91 Å². The number of benzene rings is 1. The van der Waals surface area contributed by atoms with Crippen LogP contribution < -0.4 is 10.6 Å². The van der Waals surface area contributed by atoms with Gasteiger partial charge in [-0.25, -0.2) is 4.98 Å². The Labute approximate surface area is 150 Å². The van der Waals surface area contributed by atoms with Crippen molar-refractivity contribution >= 4 is 28.6 Å². The summed E-state index contributed by atoms with van der Waals surface area (Å²) in [5.74, 6) is -0.153. The van der Waals surface area contributed by atoms with E-state index in [1.165, 1.54) is 0 Å². The lowest BCUT2D eigenvalue weighted by Crippen LogP contribution is -2.12. The van der Waals surface area contributed by atoms with Gasteiger partial charge in [0.1, 0.15) is 5.65 Å². The van der Waals surface area contributed by atoms with E-state index >= 15 is 0 Å². The van der Waals surface area contributed by atoms with Crippen molar-refractivity contribution in [2.45, 2.75) is 6.92 Å². The topological polar surface area (TPSA) is 71.3 Å². The van der Waals surface area contributed by atoms with Gasteiger partial charge in [-0.15, -0.1) is 0 Å². The number of amides is 1. The molecule has 0 radical (unpaired) electrons. The highest BCUT2D eigenvalue weighted by molar-refractivity contribution is 6.04. The normalized spacial score (nSPS) is 10.7. The van der Waals surface area contributed by atoms with Crippen LogP contribution in [0.2, 0.25) is 0 Å². The molecule has 1 amide bonds. The van der Waals surface area contributed by atoms with Gasteiger partial charge in [0, 0.05) is 47.9 Å². The van der Waals surface area contributed by atoms with Crippen molar-refractivity contribution in [3.8, 4) is 0 Å². The average Bonchev–Trinajstić information content (AvgIpc) is 3.12. The minimum absolute atomic E-state index is 0.153. The van der Waals surface area contributed by atoms with Crippen LogP contribution in [0.5, 0.6) is 0 Å². The van der Waals surface area contributed by atoms with Crippen LogP contribution in [0.3, 0.4) is 0 Å². The fourth-order valence-corrected chi connectivity index (χ4v) is 2.79. The van der Waals surface area contributed by atoms with Gasteiger partial charge < -0.3 is 15.0 Å². The van der Waals surface area contributed by atoms with Crippen LogP contribution in [-0.4, -0.2) is 20.3 Å². The molecular weight excluding hydrogens is 326 g/mol. The minimum Gasteiger partial charge on any atom is -0.355 e. The zero-order chi connectivity index (χ0) is 17.9. The van der Waals surface area contributed by atoms with Gasteiger partial charge in [-0.1, -0.05) is 0 Å². The van der Waals surface area contributed by atoms with Crippen molar-refractivity contribution in [2.75, 3.05) is 10.6 Å². The molecule has 1 aromatic carbocycles. The number of anilines is 3. The monoisotopic (exact) mass is 343 g/mol. The Hall–Kier alpha value is -3.67. The predicted molar refractivity (Wildman–Crippen MR) is 102 cm³/mol. The first-order valence-corrected chi connectivity index (χ1v) is 8.21. The number of aromatic nitrogens is 3. The highest BCUT2D eigenvalue weighted by Crippen LogP contribution is 2.18. The zero-order valence-corrected chi connectivity index (χ0v) is 14.2. The Morgan fingerprint density at radius 1 is 0.962 bits per heavy atom. The molecule has 0 unspecified atom stereocenters. The molecular formula is C20H17N5O. The lowest BCUT2D eigenvalue weighted by molar-refractivity contribution is 0.102. The van der Waals surface area contributed by atoms with Crippen LogP contribution in [0.1, 0.15) is 15.9 Å². The first-order chi connectivity index (χ1) is 12.7. The molecule has 4 aromatic rings. The Bertz CT molecular complexity index is 1050. The standard InChI is InChI=1S/C20H17N5O/c1-14-12-18(13-25-11-10-22-19(14)25)24-20(26)15-2-4-16(5-3-15)23-17-6-8-21-9-7-17/h2-13H,1H3,(H,21,23)(H,24,26). The minimum atomic E-state index is -0.153. The van der Waals surface area contributed by atoms with Gasteiger partial charge in [0.2, 0.25) is 0 Å². The van der Waals surface area contributed by atoms with E-state index in [9.17, 15) is 4.79 Å². The summed E-state index contributed by atoms with van der Waals surface area (Å²) in [5.41, 5.74) is 5.06. The number of nitrogens with one attached hydrogen (secondary N) is 2. The first kappa shape index (κ1) is 15.8. The van der Waals surface area contributed by atoms with E-state index < -0.39 is 0 Å². The fourth-order valence-electron chi connectivity index (χ4n) is 2.79. The number of fused-ring (bicyclic) bond motifs is 1. The van der Waals surface area contributed by atoms with Gasteiger partial charge in [-0.2, -0.15) is 0 Å². The van der Waals surface area contributed by atoms with Gasteiger partial charge >= 0.3 is 0 Å². The van der Waals surface area contributed by atoms with Crippen LogP contribution in [0.25, 0.3) is 5.65 Å². The lowest BCUT2D eigenvalue weighted by Gasteiger charge is -2.09. The highest BCUT2D eigenvalue weighted by atomic mass is 16.1. The summed E-state index contributed by atoms with van der Waals surface area (Å²) in [6.07, 6.45) is 8.90. The number of carbonyl (C=O) groups excluding carboxylic acids is 1. The molecule has 0 atom stereocenters. The van der Waals surface area contributed by atoms with Crippen molar-refractivity contribution in [1.82, 2.24) is 14.4 Å². The van der Waals surface area contributed by atoms with E-state index in [-0.39, 0.29) is 5.91 Å². The number of aryl methyl sites for hydroxylation is 1. The molecule has 2 N–H and O–H groups in total. The third kappa shape index (κ3) is 3.25. The maximum absolute atomic E-state index is 12.5. The number of hydrogen-bond acceptors (Lipinski definition) is 4. The van der Waals surface area contributed by atoms with E-state index in [0.29, 0.717) is 5.56 Å². The fraction of sp³-hybridized carbons (Fsp3) is 0.0500. The molecule has 4 rings (SSSR count). The van der Waals surface area contributed by atoms with Crippen molar-refractivity contribution in [1.29, 1.82) is 0 Å². The van der Waals surface area contributed by atoms with Crippen LogP contribution in [-0.2, 0) is 0 Å². The van der Waals surface area contributed by atoms with E-state index in [1.54, 1.807) is 30.7 Å². The lowest BCUT2D eigenvalue weighted by atomic mass is 10.2. The molecule has 6 nitrogen and oxygen atoms in total. The Kier molecular flexibility index (Phi) is 4.07. The van der Waals surface area contributed by atoms with Gasteiger partial charge in [-0.3, -0.25) is 9.78 Å². The predicted octanol–water partition coefficient (Wildman–Crippen LogP) is 4.03. The summed E-state index contributed by atoms with van der Waals surface area (Å²) in [6.45, 7) is 1.97. The van der Waals surface area contributed by atoms with Crippen molar-refractivity contribution in [3.05, 3.63) is 84.6 Å². The molecule has 0 aliphatic heterocycles. The summed E-state index contributed by atoms with van der Waals surface area (Å²) in [7, 11) is 0. The second-order valence-corrected chi connectivity index (χ2v) is 5.96. The summed E-state index contributed by atoms with van der Waals surface area (Å²) in [4.78, 5) is 20.8. The molecule has 0 saturated heterocycles. The number of nitrogens with zero attached hydrogens (tertiary/aromatic N) is 3. The van der Waals surface area contributed by atoms with E-state index in [4.69, 9.17) is 0 Å². The van der Waals surface area contributed by atoms with E-state index in [1.807, 2.05) is 54.0 Å². The third-order valence-electron chi connectivity index (χ3n) is 4.05. The Morgan fingerprint density at radius 3 is 2.46 bits per heavy atom. The SMILES string of the molecule is Cc1cc(NC(=O)c2ccc(Nc3ccncc3)cc2)cn2ccnc12. The molecule has 0 aliphatic carbocycles. The second kappa shape index (κ2) is 6.68. The Morgan fingerprint density at radius 2 is 1.69 bits per heavy atom. The smallest absolute Gasteiger partial charge is 0.255 e. The van der Waals surface area contributed by atoms with Crippen LogP contribution in [0.4, 0.5) is 17.1 Å². The quantitative estimate of drug-likeness (QED) is 0.587. The number of pyridine rings is 2. The molecule has 26 heavy (non-hydrogen) atoms. The van der Waals surface area contributed by atoms with Crippen molar-refractivity contribution < 1.29 is 4.79 Å². The molecule has 6 heteroatoms. The average molecular weight is 343 g/mol. The summed E-state index contributed by atoms with van der Waals surface area (Å²) < 4.78 is 1.90. The first-order valence-electron chi connectivity index (χ1n) is 8.21. The van der Waals surface area contributed by atoms with Gasteiger partial charge in [0.15, 0.2) is 0 Å². The maximum Gasteiger partial charge on any atom is 0.255 e. The molecule has 128 valence electrons. The van der Waals surface area contributed by atoms with Crippen LogP contribution >= 0.6 is 0 Å². The van der Waals surface area contributed by atoms with E-state index in [0.717, 1.165) is 28.3 Å². The number of hydrogen-bond donors (Lipinski definition) is 2. The molecule has 0 bridgehead atoms. The van der Waals surface area contributed by atoms with Crippen molar-refractivity contribution in [2.24, 2.45) is 0 Å². The van der Waals surface area contributed by atoms with Gasteiger partial charge in [-0.05, 0) is 55.0 Å². The summed E-state index contributed by atoms with van der Waals surface area (Å²) in [5, 5.41) is 6.20.